The number of para-hydroxylation sites is 1. The molecule has 1 N–H and O–H groups in total. The maximum Gasteiger partial charge on any atom is 0.340 e. The summed E-state index contributed by atoms with van der Waals surface area (Å²) in [6, 6.07) is 21.0. The standard InChI is InChI=1S/C22H18BrNO4/c1-27-18-12-8-16(9-13-18)21(25)24-20-5-3-2-4-19(20)22(26)28-14-15-6-10-17(23)11-7-15/h2-13H,14H2,1H3,(H,24,25). The van der Waals surface area contributed by atoms with Crippen molar-refractivity contribution in [1.29, 1.82) is 0 Å². The Morgan fingerprint density at radius 1 is 0.929 bits per heavy atom. The number of benzene rings is 3. The zero-order valence-corrected chi connectivity index (χ0v) is 16.7. The minimum atomic E-state index is -0.506. The van der Waals surface area contributed by atoms with Crippen molar-refractivity contribution >= 4 is 33.5 Å². The zero-order valence-electron chi connectivity index (χ0n) is 15.1. The number of anilines is 1. The molecule has 0 bridgehead atoms. The van der Waals surface area contributed by atoms with E-state index in [0.29, 0.717) is 22.6 Å². The molecule has 0 saturated carbocycles. The minimum Gasteiger partial charge on any atom is -0.497 e. The molecule has 0 aliphatic heterocycles. The van der Waals surface area contributed by atoms with E-state index in [-0.39, 0.29) is 12.5 Å². The molecule has 0 aliphatic rings. The molecule has 0 unspecified atom stereocenters. The van der Waals surface area contributed by atoms with Crippen LogP contribution in [0.2, 0.25) is 0 Å². The van der Waals surface area contributed by atoms with Crippen molar-refractivity contribution in [3.05, 3.63) is 94.0 Å². The molecule has 0 radical (unpaired) electrons. The van der Waals surface area contributed by atoms with Gasteiger partial charge in [0.25, 0.3) is 5.91 Å². The minimum absolute atomic E-state index is 0.146. The van der Waals surface area contributed by atoms with E-state index in [9.17, 15) is 9.59 Å². The van der Waals surface area contributed by atoms with Gasteiger partial charge < -0.3 is 14.8 Å². The van der Waals surface area contributed by atoms with Crippen molar-refractivity contribution in [3.8, 4) is 5.75 Å². The van der Waals surface area contributed by atoms with Crippen LogP contribution in [0.1, 0.15) is 26.3 Å². The van der Waals surface area contributed by atoms with Gasteiger partial charge in [-0.1, -0.05) is 40.2 Å². The van der Waals surface area contributed by atoms with Crippen molar-refractivity contribution in [3.63, 3.8) is 0 Å². The normalized spacial score (nSPS) is 10.2. The first-order chi connectivity index (χ1) is 13.6. The highest BCUT2D eigenvalue weighted by atomic mass is 79.9. The van der Waals surface area contributed by atoms with Crippen LogP contribution < -0.4 is 10.1 Å². The maximum absolute atomic E-state index is 12.5. The first kappa shape index (κ1) is 19.6. The highest BCUT2D eigenvalue weighted by Crippen LogP contribution is 2.19. The van der Waals surface area contributed by atoms with E-state index >= 15 is 0 Å². The van der Waals surface area contributed by atoms with Gasteiger partial charge in [-0.3, -0.25) is 4.79 Å². The number of hydrogen-bond acceptors (Lipinski definition) is 4. The number of ether oxygens (including phenoxy) is 2. The number of carbonyl (C=O) groups excluding carboxylic acids is 2. The quantitative estimate of drug-likeness (QED) is 0.544. The summed E-state index contributed by atoms with van der Waals surface area (Å²) in [5, 5.41) is 2.76. The third kappa shape index (κ3) is 4.98. The van der Waals surface area contributed by atoms with Gasteiger partial charge in [0.15, 0.2) is 0 Å². The van der Waals surface area contributed by atoms with Gasteiger partial charge in [-0.2, -0.15) is 0 Å². The number of esters is 1. The van der Waals surface area contributed by atoms with E-state index < -0.39 is 5.97 Å². The van der Waals surface area contributed by atoms with Gasteiger partial charge >= 0.3 is 5.97 Å². The number of nitrogens with one attached hydrogen (secondary N) is 1. The summed E-state index contributed by atoms with van der Waals surface area (Å²) in [5.74, 6) is -0.169. The molecule has 0 saturated heterocycles. The summed E-state index contributed by atoms with van der Waals surface area (Å²) in [7, 11) is 1.56. The lowest BCUT2D eigenvalue weighted by atomic mass is 10.1. The van der Waals surface area contributed by atoms with Crippen LogP contribution in [0.4, 0.5) is 5.69 Å². The third-order valence-corrected chi connectivity index (χ3v) is 4.56. The van der Waals surface area contributed by atoms with E-state index in [1.165, 1.54) is 0 Å². The van der Waals surface area contributed by atoms with Crippen molar-refractivity contribution in [1.82, 2.24) is 0 Å². The summed E-state index contributed by atoms with van der Waals surface area (Å²) in [4.78, 5) is 25.0. The molecule has 0 heterocycles. The molecule has 1 amide bonds. The third-order valence-electron chi connectivity index (χ3n) is 4.03. The lowest BCUT2D eigenvalue weighted by Crippen LogP contribution is -2.15. The molecular weight excluding hydrogens is 422 g/mol. The van der Waals surface area contributed by atoms with Crippen LogP contribution >= 0.6 is 15.9 Å². The summed E-state index contributed by atoms with van der Waals surface area (Å²) in [5.41, 5.74) is 2.01. The Morgan fingerprint density at radius 2 is 1.61 bits per heavy atom. The van der Waals surface area contributed by atoms with E-state index in [1.54, 1.807) is 55.6 Å². The van der Waals surface area contributed by atoms with Crippen LogP contribution in [0.5, 0.6) is 5.75 Å². The second-order valence-electron chi connectivity index (χ2n) is 5.93. The highest BCUT2D eigenvalue weighted by molar-refractivity contribution is 9.10. The fourth-order valence-electron chi connectivity index (χ4n) is 2.51. The fourth-order valence-corrected chi connectivity index (χ4v) is 2.78. The summed E-state index contributed by atoms with van der Waals surface area (Å²) < 4.78 is 11.4. The average Bonchev–Trinajstić information content (AvgIpc) is 2.73. The smallest absolute Gasteiger partial charge is 0.340 e. The maximum atomic E-state index is 12.5. The second kappa shape index (κ2) is 9.19. The number of methoxy groups -OCH3 is 1. The molecule has 6 heteroatoms. The first-order valence-electron chi connectivity index (χ1n) is 8.53. The van der Waals surface area contributed by atoms with Gasteiger partial charge in [0.2, 0.25) is 0 Å². The number of rotatable bonds is 6. The lowest BCUT2D eigenvalue weighted by Gasteiger charge is -2.11. The van der Waals surface area contributed by atoms with Crippen LogP contribution in [0, 0.1) is 0 Å². The summed E-state index contributed by atoms with van der Waals surface area (Å²) >= 11 is 3.37. The molecule has 142 valence electrons. The largest absolute Gasteiger partial charge is 0.497 e. The molecule has 0 aromatic heterocycles. The fraction of sp³-hybridized carbons (Fsp3) is 0.0909. The predicted molar refractivity (Wildman–Crippen MR) is 111 cm³/mol. The Bertz CT molecular complexity index is 969. The Kier molecular flexibility index (Phi) is 6.45. The molecule has 0 fully saturated rings. The van der Waals surface area contributed by atoms with Crippen LogP contribution in [0.25, 0.3) is 0 Å². The Morgan fingerprint density at radius 3 is 2.29 bits per heavy atom. The molecular formula is C22H18BrNO4. The first-order valence-corrected chi connectivity index (χ1v) is 9.32. The van der Waals surface area contributed by atoms with Gasteiger partial charge in [0.1, 0.15) is 12.4 Å². The number of halogens is 1. The van der Waals surface area contributed by atoms with E-state index in [4.69, 9.17) is 9.47 Å². The predicted octanol–water partition coefficient (Wildman–Crippen LogP) is 5.07. The second-order valence-corrected chi connectivity index (χ2v) is 6.85. The van der Waals surface area contributed by atoms with Crippen molar-refractivity contribution in [2.24, 2.45) is 0 Å². The van der Waals surface area contributed by atoms with Crippen LogP contribution in [0.3, 0.4) is 0 Å². The van der Waals surface area contributed by atoms with Gasteiger partial charge in [-0.15, -0.1) is 0 Å². The van der Waals surface area contributed by atoms with Crippen LogP contribution in [-0.4, -0.2) is 19.0 Å². The van der Waals surface area contributed by atoms with Crippen LogP contribution in [-0.2, 0) is 11.3 Å². The number of carbonyl (C=O) groups is 2. The molecule has 0 atom stereocenters. The van der Waals surface area contributed by atoms with E-state index in [1.807, 2.05) is 24.3 Å². The SMILES string of the molecule is COc1ccc(C(=O)Nc2ccccc2C(=O)OCc2ccc(Br)cc2)cc1. The summed E-state index contributed by atoms with van der Waals surface area (Å²) in [6.45, 7) is 0.146. The monoisotopic (exact) mass is 439 g/mol. The molecule has 5 nitrogen and oxygen atoms in total. The van der Waals surface area contributed by atoms with Gasteiger partial charge in [0, 0.05) is 10.0 Å². The van der Waals surface area contributed by atoms with Gasteiger partial charge in [-0.25, -0.2) is 4.79 Å². The van der Waals surface area contributed by atoms with E-state index in [0.717, 1.165) is 10.0 Å². The molecule has 3 aromatic carbocycles. The van der Waals surface area contributed by atoms with Crippen molar-refractivity contribution in [2.75, 3.05) is 12.4 Å². The summed E-state index contributed by atoms with van der Waals surface area (Å²) in [6.07, 6.45) is 0. The molecule has 0 spiro atoms. The van der Waals surface area contributed by atoms with E-state index in [2.05, 4.69) is 21.2 Å². The molecule has 28 heavy (non-hydrogen) atoms. The van der Waals surface area contributed by atoms with Crippen molar-refractivity contribution in [2.45, 2.75) is 6.61 Å². The number of amides is 1. The van der Waals surface area contributed by atoms with Gasteiger partial charge in [0.05, 0.1) is 18.4 Å². The Hall–Kier alpha value is -3.12. The lowest BCUT2D eigenvalue weighted by molar-refractivity contribution is 0.0474. The molecule has 3 rings (SSSR count). The Labute approximate surface area is 171 Å². The topological polar surface area (TPSA) is 64.6 Å². The van der Waals surface area contributed by atoms with Gasteiger partial charge in [-0.05, 0) is 54.1 Å². The molecule has 3 aromatic rings. The number of hydrogen-bond donors (Lipinski definition) is 1. The van der Waals surface area contributed by atoms with Crippen molar-refractivity contribution < 1.29 is 19.1 Å². The van der Waals surface area contributed by atoms with Crippen LogP contribution in [0.15, 0.2) is 77.3 Å². The molecule has 0 aliphatic carbocycles. The highest BCUT2D eigenvalue weighted by Gasteiger charge is 2.15. The zero-order chi connectivity index (χ0) is 19.9. The average molecular weight is 440 g/mol. The Balaban J connectivity index is 1.70.